The maximum Gasteiger partial charge on any atom is 0.274 e. The van der Waals surface area contributed by atoms with Crippen LogP contribution in [0.1, 0.15) is 16.2 Å². The summed E-state index contributed by atoms with van der Waals surface area (Å²) in [5.74, 6) is -0.0770. The maximum atomic E-state index is 12.9. The normalized spacial score (nSPS) is 13.7. The second kappa shape index (κ2) is 6.21. The van der Waals surface area contributed by atoms with Crippen LogP contribution in [0.5, 0.6) is 0 Å². The Morgan fingerprint density at radius 3 is 2.78 bits per heavy atom. The van der Waals surface area contributed by atoms with E-state index in [1.807, 2.05) is 17.0 Å². The summed E-state index contributed by atoms with van der Waals surface area (Å²) < 4.78 is 3.85. The van der Waals surface area contributed by atoms with Gasteiger partial charge in [-0.3, -0.25) is 4.79 Å². The Labute approximate surface area is 159 Å². The molecule has 0 aliphatic carbocycles. The van der Waals surface area contributed by atoms with Crippen molar-refractivity contribution in [3.05, 3.63) is 71.7 Å². The average Bonchev–Trinajstić information content (AvgIpc) is 3.31. The fraction of sp³-hybridized carbons (Fsp3) is 0.158. The van der Waals surface area contributed by atoms with Gasteiger partial charge < -0.3 is 9.47 Å². The quantitative estimate of drug-likeness (QED) is 0.538. The van der Waals surface area contributed by atoms with Crippen LogP contribution in [0.4, 0.5) is 0 Å². The van der Waals surface area contributed by atoms with Crippen molar-refractivity contribution in [1.29, 1.82) is 0 Å². The molecule has 0 N–H and O–H groups in total. The molecule has 1 amide bonds. The highest BCUT2D eigenvalue weighted by Gasteiger charge is 2.25. The van der Waals surface area contributed by atoms with Gasteiger partial charge in [0.15, 0.2) is 5.69 Å². The van der Waals surface area contributed by atoms with Gasteiger partial charge in [-0.05, 0) is 30.3 Å². The van der Waals surface area contributed by atoms with Gasteiger partial charge in [-0.15, -0.1) is 0 Å². The Balaban J connectivity index is 1.42. The molecule has 0 saturated carbocycles. The Hall–Kier alpha value is -3.19. The Morgan fingerprint density at radius 1 is 1.07 bits per heavy atom. The van der Waals surface area contributed by atoms with Crippen LogP contribution in [0.25, 0.3) is 16.8 Å². The third kappa shape index (κ3) is 2.76. The molecule has 1 aliphatic rings. The Bertz CT molecular complexity index is 1150. The lowest BCUT2D eigenvalue weighted by Gasteiger charge is -2.29. The second-order valence-corrected chi connectivity index (χ2v) is 6.90. The number of fused-ring (bicyclic) bond motifs is 2. The van der Waals surface area contributed by atoms with Gasteiger partial charge in [-0.2, -0.15) is 5.10 Å². The molecule has 0 bridgehead atoms. The van der Waals surface area contributed by atoms with Crippen molar-refractivity contribution < 1.29 is 4.79 Å². The lowest BCUT2D eigenvalue weighted by Crippen LogP contribution is -2.38. The third-order valence-electron chi connectivity index (χ3n) is 4.80. The van der Waals surface area contributed by atoms with Gasteiger partial charge in [0.1, 0.15) is 6.33 Å². The molecule has 4 aromatic heterocycles. The third-order valence-corrected chi connectivity index (χ3v) is 5.03. The zero-order chi connectivity index (χ0) is 18.4. The van der Waals surface area contributed by atoms with E-state index in [0.29, 0.717) is 23.8 Å². The van der Waals surface area contributed by atoms with E-state index >= 15 is 0 Å². The molecule has 5 heterocycles. The standard InChI is InChI=1S/C19H15ClN6O/c20-14-1-2-15-7-17(23-26(15)10-14)19(27)24-5-6-25-16(11-24)3-4-18(25)13-8-21-12-22-9-13/h1-4,7-10,12H,5-6,11H2. The molecule has 134 valence electrons. The van der Waals surface area contributed by atoms with Crippen molar-refractivity contribution in [2.45, 2.75) is 13.1 Å². The predicted molar refractivity (Wildman–Crippen MR) is 100 cm³/mol. The van der Waals surface area contributed by atoms with Crippen LogP contribution in [0, 0.1) is 0 Å². The number of nitrogens with zero attached hydrogens (tertiary/aromatic N) is 6. The van der Waals surface area contributed by atoms with Crippen LogP contribution >= 0.6 is 11.6 Å². The first-order valence-corrected chi connectivity index (χ1v) is 8.95. The minimum Gasteiger partial charge on any atom is -0.341 e. The Morgan fingerprint density at radius 2 is 1.93 bits per heavy atom. The fourth-order valence-corrected chi connectivity index (χ4v) is 3.65. The van der Waals surface area contributed by atoms with E-state index in [1.54, 1.807) is 35.2 Å². The van der Waals surface area contributed by atoms with E-state index < -0.39 is 0 Å². The molecule has 0 spiro atoms. The largest absolute Gasteiger partial charge is 0.341 e. The van der Waals surface area contributed by atoms with E-state index in [9.17, 15) is 4.79 Å². The van der Waals surface area contributed by atoms with Crippen molar-refractivity contribution in [3.63, 3.8) is 0 Å². The van der Waals surface area contributed by atoms with Gasteiger partial charge in [0.05, 0.1) is 22.8 Å². The molecular weight excluding hydrogens is 364 g/mol. The highest BCUT2D eigenvalue weighted by Crippen LogP contribution is 2.25. The first kappa shape index (κ1) is 16.0. The average molecular weight is 379 g/mol. The molecule has 8 heteroatoms. The van der Waals surface area contributed by atoms with Crippen LogP contribution in [0.15, 0.2) is 55.2 Å². The molecule has 27 heavy (non-hydrogen) atoms. The zero-order valence-corrected chi connectivity index (χ0v) is 15.0. The van der Waals surface area contributed by atoms with Crippen LogP contribution in [0.3, 0.4) is 0 Å². The van der Waals surface area contributed by atoms with Crippen molar-refractivity contribution in [2.75, 3.05) is 6.54 Å². The van der Waals surface area contributed by atoms with Crippen molar-refractivity contribution in [1.82, 2.24) is 29.0 Å². The highest BCUT2D eigenvalue weighted by molar-refractivity contribution is 6.30. The summed E-state index contributed by atoms with van der Waals surface area (Å²) in [7, 11) is 0. The van der Waals surface area contributed by atoms with E-state index in [2.05, 4.69) is 25.7 Å². The van der Waals surface area contributed by atoms with Gasteiger partial charge in [-0.1, -0.05) is 11.6 Å². The van der Waals surface area contributed by atoms with E-state index in [0.717, 1.165) is 29.0 Å². The smallest absolute Gasteiger partial charge is 0.274 e. The van der Waals surface area contributed by atoms with Crippen LogP contribution in [0.2, 0.25) is 5.02 Å². The molecule has 0 unspecified atom stereocenters. The number of carbonyl (C=O) groups is 1. The predicted octanol–water partition coefficient (Wildman–Crippen LogP) is 2.90. The number of aromatic nitrogens is 5. The maximum absolute atomic E-state index is 12.9. The summed E-state index contributed by atoms with van der Waals surface area (Å²) in [5.41, 5.74) is 4.39. The number of halogens is 1. The Kier molecular flexibility index (Phi) is 3.68. The van der Waals surface area contributed by atoms with Gasteiger partial charge >= 0.3 is 0 Å². The summed E-state index contributed by atoms with van der Waals surface area (Å²) in [6, 6.07) is 9.52. The van der Waals surface area contributed by atoms with Crippen LogP contribution < -0.4 is 0 Å². The number of hydrogen-bond acceptors (Lipinski definition) is 4. The summed E-state index contributed by atoms with van der Waals surface area (Å²) in [5, 5.41) is 4.96. The lowest BCUT2D eigenvalue weighted by molar-refractivity contribution is 0.0705. The molecule has 5 rings (SSSR count). The lowest BCUT2D eigenvalue weighted by atomic mass is 10.2. The highest BCUT2D eigenvalue weighted by atomic mass is 35.5. The molecule has 1 aliphatic heterocycles. The molecule has 0 radical (unpaired) electrons. The molecule has 0 aromatic carbocycles. The number of pyridine rings is 1. The van der Waals surface area contributed by atoms with Gasteiger partial charge in [-0.25, -0.2) is 14.5 Å². The second-order valence-electron chi connectivity index (χ2n) is 6.46. The van der Waals surface area contributed by atoms with Gasteiger partial charge in [0.25, 0.3) is 5.91 Å². The van der Waals surface area contributed by atoms with Crippen LogP contribution in [-0.2, 0) is 13.1 Å². The van der Waals surface area contributed by atoms with Crippen molar-refractivity contribution in [2.24, 2.45) is 0 Å². The van der Waals surface area contributed by atoms with E-state index in [-0.39, 0.29) is 5.91 Å². The van der Waals surface area contributed by atoms with Crippen LogP contribution in [-0.4, -0.2) is 41.5 Å². The minimum absolute atomic E-state index is 0.0770. The summed E-state index contributed by atoms with van der Waals surface area (Å²) in [6.07, 6.45) is 6.82. The zero-order valence-electron chi connectivity index (χ0n) is 14.3. The van der Waals surface area contributed by atoms with Crippen molar-refractivity contribution >= 4 is 23.0 Å². The molecule has 4 aromatic rings. The summed E-state index contributed by atoms with van der Waals surface area (Å²) in [6.45, 7) is 1.88. The SMILES string of the molecule is O=C(c1cc2ccc(Cl)cn2n1)N1CCn2c(ccc2-c2cncnc2)C1. The first-order valence-electron chi connectivity index (χ1n) is 8.57. The molecular formula is C19H15ClN6O. The minimum atomic E-state index is -0.0770. The van der Waals surface area contributed by atoms with Gasteiger partial charge in [0, 0.05) is 42.9 Å². The number of amides is 1. The fourth-order valence-electron chi connectivity index (χ4n) is 3.49. The first-order chi connectivity index (χ1) is 13.2. The molecule has 7 nitrogen and oxygen atoms in total. The number of rotatable bonds is 2. The number of hydrogen-bond donors (Lipinski definition) is 0. The van der Waals surface area contributed by atoms with Crippen molar-refractivity contribution in [3.8, 4) is 11.3 Å². The molecule has 0 fully saturated rings. The van der Waals surface area contributed by atoms with E-state index in [1.165, 1.54) is 6.33 Å². The van der Waals surface area contributed by atoms with E-state index in [4.69, 9.17) is 11.6 Å². The summed E-state index contributed by atoms with van der Waals surface area (Å²) in [4.78, 5) is 22.9. The monoisotopic (exact) mass is 378 g/mol. The van der Waals surface area contributed by atoms with Gasteiger partial charge in [0.2, 0.25) is 0 Å². The molecule has 0 atom stereocenters. The number of carbonyl (C=O) groups excluding carboxylic acids is 1. The molecule has 0 saturated heterocycles. The summed E-state index contributed by atoms with van der Waals surface area (Å²) >= 11 is 6.00. The topological polar surface area (TPSA) is 68.3 Å².